The number of anilines is 2. The molecule has 0 aliphatic carbocycles. The molecule has 1 aliphatic rings. The highest BCUT2D eigenvalue weighted by Gasteiger charge is 2.33. The SMILES string of the molecule is CCS(=O)(=O)C1CSCCN1c1cccc(N)c1C. The van der Waals surface area contributed by atoms with Gasteiger partial charge in [-0.25, -0.2) is 8.42 Å². The molecule has 1 unspecified atom stereocenters. The Labute approximate surface area is 119 Å². The molecule has 106 valence electrons. The van der Waals surface area contributed by atoms with Crippen molar-refractivity contribution in [3.63, 3.8) is 0 Å². The minimum Gasteiger partial charge on any atom is -0.398 e. The standard InChI is InChI=1S/C13H20N2O2S2/c1-3-19(16,17)13-9-18-8-7-15(13)12-6-4-5-11(14)10(12)2/h4-6,13H,3,7-9,14H2,1-2H3. The largest absolute Gasteiger partial charge is 0.398 e. The number of nitrogen functional groups attached to an aromatic ring is 1. The number of hydrogen-bond acceptors (Lipinski definition) is 5. The molecule has 1 aromatic rings. The zero-order valence-corrected chi connectivity index (χ0v) is 12.9. The van der Waals surface area contributed by atoms with E-state index < -0.39 is 15.2 Å². The van der Waals surface area contributed by atoms with Crippen LogP contribution in [0.25, 0.3) is 0 Å². The van der Waals surface area contributed by atoms with E-state index in [0.717, 1.165) is 23.5 Å². The van der Waals surface area contributed by atoms with Crippen LogP contribution < -0.4 is 10.6 Å². The first kappa shape index (κ1) is 14.5. The quantitative estimate of drug-likeness (QED) is 0.864. The van der Waals surface area contributed by atoms with E-state index in [-0.39, 0.29) is 5.75 Å². The predicted molar refractivity (Wildman–Crippen MR) is 83.5 cm³/mol. The van der Waals surface area contributed by atoms with Gasteiger partial charge in [0.2, 0.25) is 0 Å². The predicted octanol–water partition coefficient (Wildman–Crippen LogP) is 1.89. The van der Waals surface area contributed by atoms with Crippen molar-refractivity contribution in [2.75, 3.05) is 34.4 Å². The maximum atomic E-state index is 12.2. The van der Waals surface area contributed by atoms with E-state index in [1.807, 2.05) is 30.0 Å². The van der Waals surface area contributed by atoms with Crippen LogP contribution in [-0.4, -0.2) is 37.6 Å². The van der Waals surface area contributed by atoms with Crippen molar-refractivity contribution in [1.29, 1.82) is 0 Å². The van der Waals surface area contributed by atoms with Crippen molar-refractivity contribution in [2.45, 2.75) is 19.2 Å². The summed E-state index contributed by atoms with van der Waals surface area (Å²) in [5.41, 5.74) is 8.55. The molecular formula is C13H20N2O2S2. The number of rotatable bonds is 3. The first-order chi connectivity index (χ1) is 8.97. The van der Waals surface area contributed by atoms with E-state index in [2.05, 4.69) is 0 Å². The molecule has 0 bridgehead atoms. The fourth-order valence-electron chi connectivity index (χ4n) is 2.30. The maximum absolute atomic E-state index is 12.2. The molecule has 0 saturated carbocycles. The van der Waals surface area contributed by atoms with Crippen LogP contribution in [0.3, 0.4) is 0 Å². The summed E-state index contributed by atoms with van der Waals surface area (Å²) in [4.78, 5) is 2.00. The van der Waals surface area contributed by atoms with Gasteiger partial charge in [-0.05, 0) is 24.6 Å². The molecule has 0 amide bonds. The molecule has 1 saturated heterocycles. The third kappa shape index (κ3) is 2.84. The van der Waals surface area contributed by atoms with Crippen LogP contribution >= 0.6 is 11.8 Å². The molecule has 4 nitrogen and oxygen atoms in total. The molecule has 1 aromatic carbocycles. The molecule has 2 rings (SSSR count). The van der Waals surface area contributed by atoms with E-state index in [1.165, 1.54) is 0 Å². The van der Waals surface area contributed by atoms with Crippen LogP contribution in [0.4, 0.5) is 11.4 Å². The summed E-state index contributed by atoms with van der Waals surface area (Å²) in [6.07, 6.45) is 0. The molecule has 1 aliphatic heterocycles. The van der Waals surface area contributed by atoms with Gasteiger partial charge in [0.1, 0.15) is 5.37 Å². The summed E-state index contributed by atoms with van der Waals surface area (Å²) in [5.74, 6) is 1.75. The molecule has 6 heteroatoms. The van der Waals surface area contributed by atoms with Gasteiger partial charge in [0.05, 0.1) is 0 Å². The molecule has 1 fully saturated rings. The van der Waals surface area contributed by atoms with Crippen molar-refractivity contribution in [1.82, 2.24) is 0 Å². The summed E-state index contributed by atoms with van der Waals surface area (Å²) in [6.45, 7) is 4.40. The Hall–Kier alpha value is -0.880. The summed E-state index contributed by atoms with van der Waals surface area (Å²) in [5, 5.41) is -0.434. The Morgan fingerprint density at radius 2 is 2.21 bits per heavy atom. The molecule has 0 aromatic heterocycles. The highest BCUT2D eigenvalue weighted by Crippen LogP contribution is 2.31. The Kier molecular flexibility index (Phi) is 4.30. The lowest BCUT2D eigenvalue weighted by molar-refractivity contribution is 0.579. The minimum absolute atomic E-state index is 0.177. The summed E-state index contributed by atoms with van der Waals surface area (Å²) < 4.78 is 24.5. The number of nitrogens with two attached hydrogens (primary N) is 1. The fourth-order valence-corrected chi connectivity index (χ4v) is 5.28. The smallest absolute Gasteiger partial charge is 0.171 e. The van der Waals surface area contributed by atoms with Gasteiger partial charge >= 0.3 is 0 Å². The average molecular weight is 300 g/mol. The first-order valence-corrected chi connectivity index (χ1v) is 9.25. The van der Waals surface area contributed by atoms with Crippen molar-refractivity contribution >= 4 is 33.0 Å². The van der Waals surface area contributed by atoms with E-state index in [4.69, 9.17) is 5.73 Å². The Morgan fingerprint density at radius 3 is 2.89 bits per heavy atom. The average Bonchev–Trinajstić information content (AvgIpc) is 2.42. The number of hydrogen-bond donors (Lipinski definition) is 1. The van der Waals surface area contributed by atoms with Gasteiger partial charge in [-0.3, -0.25) is 0 Å². The number of thioether (sulfide) groups is 1. The minimum atomic E-state index is -3.08. The van der Waals surface area contributed by atoms with E-state index in [9.17, 15) is 8.42 Å². The van der Waals surface area contributed by atoms with Gasteiger partial charge in [0.25, 0.3) is 0 Å². The van der Waals surface area contributed by atoms with Gasteiger partial charge in [0, 0.05) is 35.2 Å². The molecule has 2 N–H and O–H groups in total. The molecule has 1 atom stereocenters. The lowest BCUT2D eigenvalue weighted by atomic mass is 10.1. The summed E-state index contributed by atoms with van der Waals surface area (Å²) >= 11 is 1.70. The summed E-state index contributed by atoms with van der Waals surface area (Å²) in [7, 11) is -3.08. The number of benzene rings is 1. The van der Waals surface area contributed by atoms with Crippen molar-refractivity contribution in [2.24, 2.45) is 0 Å². The topological polar surface area (TPSA) is 63.4 Å². The van der Waals surface area contributed by atoms with Crippen LogP contribution in [0.2, 0.25) is 0 Å². The van der Waals surface area contributed by atoms with E-state index in [1.54, 1.807) is 18.7 Å². The Morgan fingerprint density at radius 1 is 1.47 bits per heavy atom. The zero-order valence-electron chi connectivity index (χ0n) is 11.3. The monoisotopic (exact) mass is 300 g/mol. The highest BCUT2D eigenvalue weighted by atomic mass is 32.2. The Balaban J connectivity index is 2.43. The maximum Gasteiger partial charge on any atom is 0.171 e. The number of nitrogens with zero attached hydrogens (tertiary/aromatic N) is 1. The van der Waals surface area contributed by atoms with Crippen molar-refractivity contribution < 1.29 is 8.42 Å². The van der Waals surface area contributed by atoms with Gasteiger partial charge in [-0.15, -0.1) is 0 Å². The van der Waals surface area contributed by atoms with Crippen LogP contribution in [0.15, 0.2) is 18.2 Å². The Bertz CT molecular complexity index is 558. The highest BCUT2D eigenvalue weighted by molar-refractivity contribution is 8.01. The second-order valence-corrected chi connectivity index (χ2v) is 8.26. The lowest BCUT2D eigenvalue weighted by Crippen LogP contribution is -2.48. The van der Waals surface area contributed by atoms with E-state index in [0.29, 0.717) is 11.4 Å². The fraction of sp³-hybridized carbons (Fsp3) is 0.538. The summed E-state index contributed by atoms with van der Waals surface area (Å²) in [6, 6.07) is 5.69. The second kappa shape index (κ2) is 5.63. The van der Waals surface area contributed by atoms with Gasteiger partial charge in [-0.1, -0.05) is 13.0 Å². The third-order valence-electron chi connectivity index (χ3n) is 3.56. The zero-order chi connectivity index (χ0) is 14.0. The number of sulfone groups is 1. The van der Waals surface area contributed by atoms with E-state index >= 15 is 0 Å². The molecule has 0 radical (unpaired) electrons. The lowest BCUT2D eigenvalue weighted by Gasteiger charge is -2.37. The van der Waals surface area contributed by atoms with Gasteiger partial charge in [0.15, 0.2) is 9.84 Å². The van der Waals surface area contributed by atoms with Gasteiger partial charge < -0.3 is 10.6 Å². The molecular weight excluding hydrogens is 280 g/mol. The van der Waals surface area contributed by atoms with Crippen LogP contribution in [0.5, 0.6) is 0 Å². The van der Waals surface area contributed by atoms with Crippen LogP contribution in [0, 0.1) is 6.92 Å². The normalized spacial score (nSPS) is 20.5. The van der Waals surface area contributed by atoms with Crippen LogP contribution in [-0.2, 0) is 9.84 Å². The van der Waals surface area contributed by atoms with Gasteiger partial charge in [-0.2, -0.15) is 11.8 Å². The molecule has 1 heterocycles. The molecule has 0 spiro atoms. The first-order valence-electron chi connectivity index (χ1n) is 6.38. The van der Waals surface area contributed by atoms with Crippen molar-refractivity contribution in [3.05, 3.63) is 23.8 Å². The van der Waals surface area contributed by atoms with Crippen LogP contribution in [0.1, 0.15) is 12.5 Å². The second-order valence-electron chi connectivity index (χ2n) is 4.67. The van der Waals surface area contributed by atoms with Crippen molar-refractivity contribution in [3.8, 4) is 0 Å². The molecule has 19 heavy (non-hydrogen) atoms. The third-order valence-corrected chi connectivity index (χ3v) is 6.85.